The van der Waals surface area contributed by atoms with Crippen LogP contribution < -0.4 is 4.74 Å². The van der Waals surface area contributed by atoms with Gasteiger partial charge in [-0.2, -0.15) is 0 Å². The maximum absolute atomic E-state index is 12.5. The summed E-state index contributed by atoms with van der Waals surface area (Å²) in [7, 11) is -3.64. The molecule has 0 aliphatic heterocycles. The van der Waals surface area contributed by atoms with Gasteiger partial charge in [0.15, 0.2) is 0 Å². The number of sulfone groups is 1. The number of alkyl halides is 3. The first-order valence-electron chi connectivity index (χ1n) is 5.74. The second-order valence-corrected chi connectivity index (χ2v) is 14.5. The van der Waals surface area contributed by atoms with E-state index in [9.17, 15) is 8.42 Å². The van der Waals surface area contributed by atoms with Gasteiger partial charge >= 0.3 is 0 Å². The van der Waals surface area contributed by atoms with E-state index < -0.39 is 11.3 Å². The fourth-order valence-electron chi connectivity index (χ4n) is 1.81. The second-order valence-electron chi connectivity index (χ2n) is 4.02. The Morgan fingerprint density at radius 2 is 1.80 bits per heavy atom. The first-order valence-corrected chi connectivity index (χ1v) is 9.60. The monoisotopic (exact) mass is 484 g/mol. The van der Waals surface area contributed by atoms with Gasteiger partial charge in [0.2, 0.25) is 11.3 Å². The fourth-order valence-corrected chi connectivity index (χ4v) is 4.31. The lowest BCUT2D eigenvalue weighted by molar-refractivity contribution is 0.343. The molecule has 2 rings (SSSR count). The summed E-state index contributed by atoms with van der Waals surface area (Å²) in [6.45, 7) is 2.33. The van der Waals surface area contributed by atoms with E-state index in [2.05, 4.69) is 47.8 Å². The third kappa shape index (κ3) is 3.05. The predicted molar refractivity (Wildman–Crippen MR) is 91.8 cm³/mol. The normalized spacial score (nSPS) is 12.6. The average Bonchev–Trinajstić information content (AvgIpc) is 2.37. The molecule has 0 heterocycles. The molecule has 2 aromatic rings. The van der Waals surface area contributed by atoms with E-state index in [0.29, 0.717) is 12.4 Å². The molecule has 0 aliphatic carbocycles. The molecular weight excluding hydrogens is 476 g/mol. The Morgan fingerprint density at radius 3 is 2.40 bits per heavy atom. The summed E-state index contributed by atoms with van der Waals surface area (Å²) < 4.78 is 29.1. The van der Waals surface area contributed by atoms with Crippen LogP contribution >= 0.6 is 47.8 Å². The maximum Gasteiger partial charge on any atom is 0.239 e. The van der Waals surface area contributed by atoms with Crippen LogP contribution in [0.15, 0.2) is 41.3 Å². The standard InChI is InChI=1S/C13H11Br3O3S/c1-2-19-12-8-10(20(17,18)13(14,15)16)7-9-5-3-4-6-11(9)12/h3-8H,2H2,1H3. The van der Waals surface area contributed by atoms with Crippen LogP contribution in [-0.4, -0.2) is 16.5 Å². The third-order valence-electron chi connectivity index (χ3n) is 2.71. The molecule has 3 nitrogen and oxygen atoms in total. The van der Waals surface area contributed by atoms with Crippen molar-refractivity contribution in [3.05, 3.63) is 36.4 Å². The second kappa shape index (κ2) is 5.94. The molecule has 0 aliphatic rings. The average molecular weight is 487 g/mol. The Bertz CT molecular complexity index is 736. The lowest BCUT2D eigenvalue weighted by Crippen LogP contribution is -2.18. The maximum atomic E-state index is 12.5. The van der Waals surface area contributed by atoms with E-state index in [4.69, 9.17) is 4.74 Å². The summed E-state index contributed by atoms with van der Waals surface area (Å²) in [4.78, 5) is 0.172. The van der Waals surface area contributed by atoms with Crippen LogP contribution in [0.25, 0.3) is 10.8 Å². The van der Waals surface area contributed by atoms with Gasteiger partial charge in [-0.25, -0.2) is 8.42 Å². The van der Waals surface area contributed by atoms with Crippen LogP contribution in [0, 0.1) is 0 Å². The number of ether oxygens (including phenoxy) is 1. The van der Waals surface area contributed by atoms with E-state index in [0.717, 1.165) is 10.8 Å². The quantitative estimate of drug-likeness (QED) is 0.585. The molecule has 0 amide bonds. The summed E-state index contributed by atoms with van der Waals surface area (Å²) in [5.74, 6) is 0.556. The SMILES string of the molecule is CCOc1cc(S(=O)(=O)C(Br)(Br)Br)cc2ccccc12. The van der Waals surface area contributed by atoms with Crippen molar-refractivity contribution >= 4 is 68.4 Å². The van der Waals surface area contributed by atoms with Gasteiger partial charge in [0.1, 0.15) is 5.75 Å². The van der Waals surface area contributed by atoms with Crippen molar-refractivity contribution < 1.29 is 13.2 Å². The Kier molecular flexibility index (Phi) is 4.83. The van der Waals surface area contributed by atoms with E-state index in [-0.39, 0.29) is 4.90 Å². The van der Waals surface area contributed by atoms with Crippen LogP contribution in [0.2, 0.25) is 0 Å². The zero-order valence-electron chi connectivity index (χ0n) is 10.4. The molecule has 0 aromatic heterocycles. The fraction of sp³-hybridized carbons (Fsp3) is 0.231. The molecule has 0 saturated carbocycles. The van der Waals surface area contributed by atoms with E-state index in [1.54, 1.807) is 12.1 Å². The highest BCUT2D eigenvalue weighted by molar-refractivity contribution is 9.42. The number of hydrogen-bond acceptors (Lipinski definition) is 3. The summed E-state index contributed by atoms with van der Waals surface area (Å²) in [6, 6.07) is 10.7. The molecule has 108 valence electrons. The largest absolute Gasteiger partial charge is 0.493 e. The lowest BCUT2D eigenvalue weighted by atomic mass is 10.1. The number of rotatable bonds is 3. The molecule has 0 atom stereocenters. The van der Waals surface area contributed by atoms with Gasteiger partial charge in [0.05, 0.1) is 11.5 Å². The van der Waals surface area contributed by atoms with Gasteiger partial charge in [0, 0.05) is 5.39 Å². The van der Waals surface area contributed by atoms with E-state index >= 15 is 0 Å². The Labute approximate surface area is 143 Å². The highest BCUT2D eigenvalue weighted by Crippen LogP contribution is 2.44. The Balaban J connectivity index is 2.74. The molecular formula is C13H11Br3O3S. The molecule has 0 fully saturated rings. The van der Waals surface area contributed by atoms with Crippen molar-refractivity contribution in [2.75, 3.05) is 6.61 Å². The highest BCUT2D eigenvalue weighted by Gasteiger charge is 2.37. The molecule has 20 heavy (non-hydrogen) atoms. The summed E-state index contributed by atoms with van der Waals surface area (Å²) in [5, 5.41) is 1.70. The first kappa shape index (κ1) is 16.3. The third-order valence-corrected chi connectivity index (χ3v) is 8.01. The summed E-state index contributed by atoms with van der Waals surface area (Å²) >= 11 is 9.21. The summed E-state index contributed by atoms with van der Waals surface area (Å²) in [5.41, 5.74) is 0. The van der Waals surface area contributed by atoms with Crippen molar-refractivity contribution in [3.8, 4) is 5.75 Å². The molecule has 0 radical (unpaired) electrons. The van der Waals surface area contributed by atoms with Crippen molar-refractivity contribution in [1.29, 1.82) is 0 Å². The number of hydrogen-bond donors (Lipinski definition) is 0. The van der Waals surface area contributed by atoms with Gasteiger partial charge in [-0.15, -0.1) is 0 Å². The van der Waals surface area contributed by atoms with Gasteiger partial charge in [-0.05, 0) is 72.2 Å². The molecule has 2 aromatic carbocycles. The molecule has 0 N–H and O–H groups in total. The zero-order valence-corrected chi connectivity index (χ0v) is 16.0. The summed E-state index contributed by atoms with van der Waals surface area (Å²) in [6.07, 6.45) is 0. The molecule has 7 heteroatoms. The lowest BCUT2D eigenvalue weighted by Gasteiger charge is -2.16. The number of halogens is 3. The van der Waals surface area contributed by atoms with Gasteiger partial charge < -0.3 is 4.74 Å². The van der Waals surface area contributed by atoms with Crippen LogP contribution in [-0.2, 0) is 9.84 Å². The van der Waals surface area contributed by atoms with Crippen molar-refractivity contribution in [2.45, 2.75) is 13.3 Å². The van der Waals surface area contributed by atoms with E-state index in [1.165, 1.54) is 0 Å². The Hall–Kier alpha value is -0.110. The highest BCUT2D eigenvalue weighted by atomic mass is 80.0. The van der Waals surface area contributed by atoms with Crippen LogP contribution in [0.3, 0.4) is 0 Å². The minimum atomic E-state index is -3.64. The number of fused-ring (bicyclic) bond motifs is 1. The Morgan fingerprint density at radius 1 is 1.15 bits per heavy atom. The van der Waals surface area contributed by atoms with Crippen LogP contribution in [0.4, 0.5) is 0 Å². The number of benzene rings is 2. The smallest absolute Gasteiger partial charge is 0.239 e. The minimum Gasteiger partial charge on any atom is -0.493 e. The predicted octanol–water partition coefficient (Wildman–Crippen LogP) is 4.81. The van der Waals surface area contributed by atoms with Crippen molar-refractivity contribution in [2.24, 2.45) is 0 Å². The van der Waals surface area contributed by atoms with Crippen LogP contribution in [0.5, 0.6) is 5.75 Å². The minimum absolute atomic E-state index is 0.172. The first-order chi connectivity index (χ1) is 9.27. The van der Waals surface area contributed by atoms with Crippen molar-refractivity contribution in [3.63, 3.8) is 0 Å². The van der Waals surface area contributed by atoms with Crippen LogP contribution in [0.1, 0.15) is 6.92 Å². The van der Waals surface area contributed by atoms with Gasteiger partial charge in [0.25, 0.3) is 0 Å². The topological polar surface area (TPSA) is 43.4 Å². The van der Waals surface area contributed by atoms with Gasteiger partial charge in [-0.1, -0.05) is 24.3 Å². The van der Waals surface area contributed by atoms with E-state index in [1.807, 2.05) is 31.2 Å². The molecule has 0 bridgehead atoms. The van der Waals surface area contributed by atoms with Crippen molar-refractivity contribution in [1.82, 2.24) is 0 Å². The molecule has 0 saturated heterocycles. The zero-order chi connectivity index (χ0) is 15.0. The molecule has 0 unspecified atom stereocenters. The molecule has 0 spiro atoms. The van der Waals surface area contributed by atoms with Gasteiger partial charge in [-0.3, -0.25) is 0 Å².